The van der Waals surface area contributed by atoms with Crippen molar-refractivity contribution in [3.8, 4) is 39.5 Å². The summed E-state index contributed by atoms with van der Waals surface area (Å²) in [6, 6.07) is 47.7. The van der Waals surface area contributed by atoms with Crippen LogP contribution in [0.2, 0.25) is 0 Å². The average Bonchev–Trinajstić information content (AvgIpc) is 3.55. The first-order valence-electron chi connectivity index (χ1n) is 17.7. The summed E-state index contributed by atoms with van der Waals surface area (Å²) in [7, 11) is 0. The fourth-order valence-corrected chi connectivity index (χ4v) is 5.56. The fourth-order valence-electron chi connectivity index (χ4n) is 5.56. The van der Waals surface area contributed by atoms with E-state index in [1.54, 1.807) is 30.5 Å². The molecule has 51 heavy (non-hydrogen) atoms. The van der Waals surface area contributed by atoms with Gasteiger partial charge in [0, 0.05) is 36.1 Å². The van der Waals surface area contributed by atoms with E-state index in [1.165, 1.54) is 12.1 Å². The molecule has 0 amide bonds. The molecule has 2 heterocycles. The summed E-state index contributed by atoms with van der Waals surface area (Å²) in [5, 5.41) is 0. The van der Waals surface area contributed by atoms with E-state index >= 15 is 0 Å². The van der Waals surface area contributed by atoms with Crippen LogP contribution in [0.4, 0.5) is 13.2 Å². The molecule has 0 aliphatic carbocycles. The molecule has 0 unspecified atom stereocenters. The van der Waals surface area contributed by atoms with Gasteiger partial charge in [-0.15, -0.1) is 71.8 Å². The average molecular weight is 861 g/mol. The summed E-state index contributed by atoms with van der Waals surface area (Å²) in [5.74, 6) is 0.137. The second-order valence-electron chi connectivity index (χ2n) is 12.6. The van der Waals surface area contributed by atoms with Crippen LogP contribution in [-0.2, 0) is 26.5 Å². The Morgan fingerprint density at radius 3 is 2.04 bits per heavy atom. The molecule has 0 N–H and O–H groups in total. The summed E-state index contributed by atoms with van der Waals surface area (Å²) < 4.78 is 66.8. The number of para-hydroxylation sites is 3. The first-order valence-corrected chi connectivity index (χ1v) is 16.2. The van der Waals surface area contributed by atoms with Gasteiger partial charge in [0.25, 0.3) is 0 Å². The second kappa shape index (κ2) is 16.0. The minimum Gasteiger partial charge on any atom is -0.333 e. The summed E-state index contributed by atoms with van der Waals surface area (Å²) >= 11 is 0. The molecular weight excluding hydrogens is 820 g/mol. The van der Waals surface area contributed by atoms with Gasteiger partial charge >= 0.3 is 6.18 Å². The van der Waals surface area contributed by atoms with E-state index in [2.05, 4.69) is 33.8 Å². The minimum atomic E-state index is -4.67. The Bertz CT molecular complexity index is 2320. The molecule has 0 atom stereocenters. The molecular formula is C44H38F3IrN3-2. The van der Waals surface area contributed by atoms with Gasteiger partial charge in [0.1, 0.15) is 0 Å². The molecule has 7 rings (SSSR count). The monoisotopic (exact) mass is 861 g/mol. The van der Waals surface area contributed by atoms with Gasteiger partial charge in [-0.3, -0.25) is 4.98 Å². The quantitative estimate of drug-likeness (QED) is 0.150. The van der Waals surface area contributed by atoms with E-state index in [1.807, 2.05) is 98.8 Å². The van der Waals surface area contributed by atoms with Crippen molar-refractivity contribution in [3.05, 3.63) is 163 Å². The predicted octanol–water partition coefficient (Wildman–Crippen LogP) is 12.0. The van der Waals surface area contributed by atoms with Crippen LogP contribution in [0.3, 0.4) is 0 Å². The van der Waals surface area contributed by atoms with Gasteiger partial charge in [0.2, 0.25) is 0 Å². The SMILES string of the molecule is [2H]C(C)(C)c1ccccc1-n1c(-c2[c-]cccc2)nc2ccccc21.[2H]C([2H])(c1ccc(-c2ccnc(-c3[c-]cccc3)c2)cc1)C(C)(C)C(F)(F)F.[Ir]. The van der Waals surface area contributed by atoms with Crippen molar-refractivity contribution in [3.63, 3.8) is 0 Å². The summed E-state index contributed by atoms with van der Waals surface area (Å²) in [6.45, 7) is 5.59. The van der Waals surface area contributed by atoms with Crippen LogP contribution in [0, 0.1) is 17.5 Å². The van der Waals surface area contributed by atoms with Gasteiger partial charge < -0.3 is 9.55 Å². The first kappa shape index (κ1) is 33.3. The second-order valence-corrected chi connectivity index (χ2v) is 12.6. The molecule has 0 fully saturated rings. The first-order chi connectivity index (χ1) is 25.1. The summed E-state index contributed by atoms with van der Waals surface area (Å²) in [4.78, 5) is 9.19. The third-order valence-electron chi connectivity index (χ3n) is 8.32. The number of imidazole rings is 1. The zero-order chi connectivity index (χ0) is 38.0. The Morgan fingerprint density at radius 1 is 0.765 bits per heavy atom. The zero-order valence-electron chi connectivity index (χ0n) is 31.6. The van der Waals surface area contributed by atoms with Crippen LogP contribution in [-0.4, -0.2) is 20.7 Å². The molecule has 0 aliphatic heterocycles. The maximum Gasteiger partial charge on any atom is 0.394 e. The number of nitrogens with zero attached hydrogens (tertiary/aromatic N) is 3. The van der Waals surface area contributed by atoms with E-state index < -0.39 is 23.9 Å². The molecule has 0 saturated heterocycles. The normalized spacial score (nSPS) is 12.9. The molecule has 0 saturated carbocycles. The standard InChI is InChI=1S/C22H19F3N.C22H19N2.Ir/c1-21(2,22(23,24)25)15-16-8-10-17(11-9-16)19-12-13-26-20(14-19)18-6-4-3-5-7-18;1-16(2)18-12-6-8-14-20(18)24-21-15-9-7-13-19(21)23-22(24)17-10-4-3-5-11-17;/h3-6,8-14H,15H2,1-2H3;3-10,12-16H,1-2H3;/q2*-1;/i15D2;16D;. The van der Waals surface area contributed by atoms with Gasteiger partial charge in [0.15, 0.2) is 0 Å². The number of alkyl halides is 3. The third-order valence-corrected chi connectivity index (χ3v) is 8.32. The maximum atomic E-state index is 13.3. The number of rotatable bonds is 7. The Hall–Kier alpha value is -4.84. The number of fused-ring (bicyclic) bond motifs is 1. The molecule has 0 aliphatic rings. The molecule has 7 aromatic rings. The van der Waals surface area contributed by atoms with E-state index in [0.717, 1.165) is 69.9 Å². The fraction of sp³-hybridized carbons (Fsp3) is 0.182. The van der Waals surface area contributed by atoms with Gasteiger partial charge in [-0.2, -0.15) is 13.2 Å². The van der Waals surface area contributed by atoms with Gasteiger partial charge in [0.05, 0.1) is 22.3 Å². The van der Waals surface area contributed by atoms with E-state index in [9.17, 15) is 13.2 Å². The van der Waals surface area contributed by atoms with Gasteiger partial charge in [-0.05, 0) is 64.5 Å². The smallest absolute Gasteiger partial charge is 0.333 e. The maximum absolute atomic E-state index is 13.3. The van der Waals surface area contributed by atoms with Crippen LogP contribution >= 0.6 is 0 Å². The number of hydrogen-bond donors (Lipinski definition) is 0. The van der Waals surface area contributed by atoms with E-state index in [4.69, 9.17) is 9.10 Å². The van der Waals surface area contributed by atoms with Crippen molar-refractivity contribution in [1.29, 1.82) is 0 Å². The summed E-state index contributed by atoms with van der Waals surface area (Å²) in [5.41, 5.74) is 5.51. The molecule has 3 nitrogen and oxygen atoms in total. The number of hydrogen-bond acceptors (Lipinski definition) is 2. The van der Waals surface area contributed by atoms with Crippen LogP contribution < -0.4 is 0 Å². The van der Waals surface area contributed by atoms with E-state index in [0.29, 0.717) is 0 Å². The Kier molecular flexibility index (Phi) is 10.5. The van der Waals surface area contributed by atoms with E-state index in [-0.39, 0.29) is 25.7 Å². The van der Waals surface area contributed by atoms with Crippen molar-refractivity contribution < 1.29 is 37.4 Å². The van der Waals surface area contributed by atoms with Crippen molar-refractivity contribution in [2.75, 3.05) is 0 Å². The molecule has 2 aromatic heterocycles. The summed E-state index contributed by atoms with van der Waals surface area (Å²) in [6.07, 6.45) is -5.57. The number of benzene rings is 5. The van der Waals surface area contributed by atoms with Crippen molar-refractivity contribution in [1.82, 2.24) is 14.5 Å². The molecule has 261 valence electrons. The number of pyridine rings is 1. The number of halogens is 3. The Morgan fingerprint density at radius 2 is 1.39 bits per heavy atom. The molecule has 1 radical (unpaired) electrons. The Balaban J connectivity index is 0.000000205. The van der Waals surface area contributed by atoms with Gasteiger partial charge in [-0.1, -0.05) is 88.4 Å². The van der Waals surface area contributed by atoms with Crippen LogP contribution in [0.15, 0.2) is 140 Å². The molecule has 7 heteroatoms. The van der Waals surface area contributed by atoms with Crippen molar-refractivity contribution >= 4 is 11.0 Å². The third kappa shape index (κ3) is 8.56. The minimum absolute atomic E-state index is 0. The molecule has 0 bridgehead atoms. The molecule has 0 spiro atoms. The van der Waals surface area contributed by atoms with Gasteiger partial charge in [-0.25, -0.2) is 0 Å². The van der Waals surface area contributed by atoms with Crippen LogP contribution in [0.1, 0.15) is 48.8 Å². The van der Waals surface area contributed by atoms with Crippen LogP contribution in [0.25, 0.3) is 50.5 Å². The predicted molar refractivity (Wildman–Crippen MR) is 197 cm³/mol. The largest absolute Gasteiger partial charge is 0.394 e. The topological polar surface area (TPSA) is 30.7 Å². The Labute approximate surface area is 315 Å². The van der Waals surface area contributed by atoms with Crippen LogP contribution in [0.5, 0.6) is 0 Å². The zero-order valence-corrected chi connectivity index (χ0v) is 31.0. The molecule has 5 aromatic carbocycles. The number of aromatic nitrogens is 3. The van der Waals surface area contributed by atoms with Crippen molar-refractivity contribution in [2.45, 2.75) is 46.1 Å². The van der Waals surface area contributed by atoms with Crippen molar-refractivity contribution in [2.24, 2.45) is 5.41 Å².